The highest BCUT2D eigenvalue weighted by Crippen LogP contribution is 2.55. The normalized spacial score (nSPS) is 21.3. The predicted molar refractivity (Wildman–Crippen MR) is 137 cm³/mol. The Balaban J connectivity index is 1.49. The number of aryl methyl sites for hydroxylation is 2. The van der Waals surface area contributed by atoms with Gasteiger partial charge in [0.2, 0.25) is 0 Å². The Hall–Kier alpha value is -4.18. The van der Waals surface area contributed by atoms with E-state index in [4.69, 9.17) is 9.47 Å². The minimum absolute atomic E-state index is 0.234. The maximum atomic E-state index is 13.3. The third-order valence-corrected chi connectivity index (χ3v) is 7.31. The molecule has 0 N–H and O–H groups in total. The molecule has 178 valence electrons. The number of benzene rings is 4. The van der Waals surface area contributed by atoms with Crippen LogP contribution in [-0.4, -0.2) is 24.1 Å². The van der Waals surface area contributed by atoms with Crippen LogP contribution in [0.5, 0.6) is 0 Å². The minimum atomic E-state index is -0.654. The molecule has 4 nitrogen and oxygen atoms in total. The lowest BCUT2D eigenvalue weighted by atomic mass is 9.60. The minimum Gasteiger partial charge on any atom is -0.454 e. The van der Waals surface area contributed by atoms with Crippen LogP contribution in [0, 0.1) is 13.8 Å². The van der Waals surface area contributed by atoms with E-state index in [1.54, 1.807) is 24.3 Å². The van der Waals surface area contributed by atoms with Gasteiger partial charge in [-0.15, -0.1) is 0 Å². The second-order valence-corrected chi connectivity index (χ2v) is 9.69. The molecule has 3 aliphatic carbocycles. The number of ether oxygens (including phenoxy) is 2. The van der Waals surface area contributed by atoms with Crippen LogP contribution in [0.3, 0.4) is 0 Å². The molecule has 0 heterocycles. The van der Waals surface area contributed by atoms with Crippen LogP contribution in [0.1, 0.15) is 65.9 Å². The molecule has 2 atom stereocenters. The third-order valence-electron chi connectivity index (χ3n) is 7.31. The second kappa shape index (κ2) is 8.80. The standard InChI is InChI=1S/C32H26O4/c1-19-13-15-23-25(17-19)28-26-18-20(2)14-16-24(26)27(23)29(35-31(33)21-9-5-3-6-10-21)30(28)36-32(34)22-11-7-4-8-12-22/h3-18,27-30H,1-2H3. The van der Waals surface area contributed by atoms with E-state index >= 15 is 0 Å². The summed E-state index contributed by atoms with van der Waals surface area (Å²) in [5, 5.41) is 0. The van der Waals surface area contributed by atoms with Crippen LogP contribution in [0.25, 0.3) is 0 Å². The van der Waals surface area contributed by atoms with Crippen molar-refractivity contribution in [1.29, 1.82) is 0 Å². The molecule has 0 amide bonds. The number of hydrogen-bond acceptors (Lipinski definition) is 4. The van der Waals surface area contributed by atoms with Gasteiger partial charge < -0.3 is 9.47 Å². The van der Waals surface area contributed by atoms with Gasteiger partial charge in [-0.1, -0.05) is 83.9 Å². The quantitative estimate of drug-likeness (QED) is 0.324. The van der Waals surface area contributed by atoms with Gasteiger partial charge in [-0.2, -0.15) is 0 Å². The van der Waals surface area contributed by atoms with Crippen LogP contribution < -0.4 is 0 Å². The van der Waals surface area contributed by atoms with Gasteiger partial charge in [0.25, 0.3) is 0 Å². The fraction of sp³-hybridized carbons (Fsp3) is 0.188. The third kappa shape index (κ3) is 3.70. The summed E-state index contributed by atoms with van der Waals surface area (Å²) in [4.78, 5) is 26.5. The van der Waals surface area contributed by atoms with Crippen molar-refractivity contribution in [3.8, 4) is 0 Å². The average molecular weight is 475 g/mol. The second-order valence-electron chi connectivity index (χ2n) is 9.69. The summed E-state index contributed by atoms with van der Waals surface area (Å²) in [6.45, 7) is 4.13. The fourth-order valence-corrected chi connectivity index (χ4v) is 5.72. The summed E-state index contributed by atoms with van der Waals surface area (Å²) in [5.74, 6) is -1.31. The molecule has 0 radical (unpaired) electrons. The summed E-state index contributed by atoms with van der Waals surface area (Å²) in [5.41, 5.74) is 7.75. The predicted octanol–water partition coefficient (Wildman–Crippen LogP) is 6.35. The van der Waals surface area contributed by atoms with Gasteiger partial charge in [0.05, 0.1) is 23.0 Å². The first-order valence-electron chi connectivity index (χ1n) is 12.2. The molecule has 7 rings (SSSR count). The number of fused-ring (bicyclic) bond motifs is 1. The van der Waals surface area contributed by atoms with Crippen LogP contribution in [0.15, 0.2) is 97.1 Å². The summed E-state index contributed by atoms with van der Waals surface area (Å²) in [7, 11) is 0. The fourth-order valence-electron chi connectivity index (χ4n) is 5.72. The molecule has 2 bridgehead atoms. The van der Waals surface area contributed by atoms with Crippen molar-refractivity contribution >= 4 is 11.9 Å². The zero-order valence-corrected chi connectivity index (χ0v) is 20.2. The van der Waals surface area contributed by atoms with Gasteiger partial charge in [0.1, 0.15) is 0 Å². The van der Waals surface area contributed by atoms with Crippen molar-refractivity contribution < 1.29 is 19.1 Å². The highest BCUT2D eigenvalue weighted by atomic mass is 16.6. The Labute approximate surface area is 210 Å². The molecule has 0 saturated heterocycles. The van der Waals surface area contributed by atoms with E-state index < -0.39 is 24.1 Å². The highest BCUT2D eigenvalue weighted by Gasteiger charge is 2.54. The zero-order chi connectivity index (χ0) is 24.8. The van der Waals surface area contributed by atoms with E-state index in [2.05, 4.69) is 50.2 Å². The van der Waals surface area contributed by atoms with Crippen molar-refractivity contribution in [1.82, 2.24) is 0 Å². The van der Waals surface area contributed by atoms with Crippen molar-refractivity contribution in [2.45, 2.75) is 37.9 Å². The van der Waals surface area contributed by atoms with Crippen LogP contribution in [0.4, 0.5) is 0 Å². The van der Waals surface area contributed by atoms with E-state index in [1.165, 1.54) is 0 Å². The summed E-state index contributed by atoms with van der Waals surface area (Å²) in [6.07, 6.45) is -1.31. The number of esters is 2. The molecule has 2 unspecified atom stereocenters. The lowest BCUT2D eigenvalue weighted by molar-refractivity contribution is -0.0557. The first kappa shape index (κ1) is 22.3. The zero-order valence-electron chi connectivity index (χ0n) is 20.2. The van der Waals surface area contributed by atoms with Crippen LogP contribution in [-0.2, 0) is 9.47 Å². The summed E-state index contributed by atoms with van der Waals surface area (Å²) < 4.78 is 12.5. The van der Waals surface area contributed by atoms with Gasteiger partial charge in [0, 0.05) is 0 Å². The van der Waals surface area contributed by atoms with Crippen molar-refractivity contribution in [2.24, 2.45) is 0 Å². The smallest absolute Gasteiger partial charge is 0.338 e. The number of rotatable bonds is 4. The summed E-state index contributed by atoms with van der Waals surface area (Å²) >= 11 is 0. The van der Waals surface area contributed by atoms with Crippen molar-refractivity contribution in [3.63, 3.8) is 0 Å². The van der Waals surface area contributed by atoms with Crippen LogP contribution in [0.2, 0.25) is 0 Å². The SMILES string of the molecule is Cc1ccc2c(c1)C1c3cc(C)ccc3C2C(OC(=O)c2ccccc2)C1OC(=O)c1ccccc1. The Morgan fingerprint density at radius 1 is 0.528 bits per heavy atom. The topological polar surface area (TPSA) is 52.6 Å². The first-order chi connectivity index (χ1) is 17.5. The molecular formula is C32H26O4. The average Bonchev–Trinajstić information content (AvgIpc) is 2.90. The lowest BCUT2D eigenvalue weighted by Gasteiger charge is -2.49. The largest absolute Gasteiger partial charge is 0.454 e. The highest BCUT2D eigenvalue weighted by molar-refractivity contribution is 5.90. The van der Waals surface area contributed by atoms with Gasteiger partial charge in [0.15, 0.2) is 12.2 Å². The van der Waals surface area contributed by atoms with E-state index in [0.717, 1.165) is 33.4 Å². The maximum absolute atomic E-state index is 13.3. The number of carbonyl (C=O) groups excluding carboxylic acids is 2. The number of carbonyl (C=O) groups is 2. The maximum Gasteiger partial charge on any atom is 0.338 e. The lowest BCUT2D eigenvalue weighted by Crippen LogP contribution is -2.51. The van der Waals surface area contributed by atoms with Gasteiger partial charge in [-0.05, 0) is 60.4 Å². The van der Waals surface area contributed by atoms with Gasteiger partial charge in [-0.3, -0.25) is 0 Å². The molecule has 0 aliphatic heterocycles. The molecule has 0 aromatic heterocycles. The Kier molecular flexibility index (Phi) is 5.45. The molecule has 4 aromatic rings. The Morgan fingerprint density at radius 2 is 0.917 bits per heavy atom. The van der Waals surface area contributed by atoms with Crippen LogP contribution >= 0.6 is 0 Å². The molecule has 3 aliphatic rings. The molecule has 4 heteroatoms. The van der Waals surface area contributed by atoms with E-state index in [0.29, 0.717) is 11.1 Å². The Bertz CT molecular complexity index is 1400. The van der Waals surface area contributed by atoms with Gasteiger partial charge >= 0.3 is 11.9 Å². The molecule has 36 heavy (non-hydrogen) atoms. The molecule has 4 aromatic carbocycles. The monoisotopic (exact) mass is 474 g/mol. The first-order valence-corrected chi connectivity index (χ1v) is 12.2. The van der Waals surface area contributed by atoms with Gasteiger partial charge in [-0.25, -0.2) is 9.59 Å². The van der Waals surface area contributed by atoms with Crippen molar-refractivity contribution in [2.75, 3.05) is 0 Å². The van der Waals surface area contributed by atoms with Crippen molar-refractivity contribution in [3.05, 3.63) is 142 Å². The molecule has 0 spiro atoms. The molecule has 0 fully saturated rings. The molecule has 0 saturated carbocycles. The number of hydrogen-bond donors (Lipinski definition) is 0. The summed E-state index contributed by atoms with van der Waals surface area (Å²) in [6, 6.07) is 30.7. The molecular weight excluding hydrogens is 448 g/mol. The Morgan fingerprint density at radius 3 is 1.33 bits per heavy atom. The van der Waals surface area contributed by atoms with E-state index in [1.807, 2.05) is 36.4 Å². The van der Waals surface area contributed by atoms with E-state index in [-0.39, 0.29) is 11.8 Å². The van der Waals surface area contributed by atoms with E-state index in [9.17, 15) is 9.59 Å².